The zero-order valence-electron chi connectivity index (χ0n) is 14.5. The van der Waals surface area contributed by atoms with Crippen molar-refractivity contribution in [2.45, 2.75) is 6.54 Å². The molecule has 1 N–H and O–H groups in total. The van der Waals surface area contributed by atoms with Crippen molar-refractivity contribution in [3.63, 3.8) is 0 Å². The molecule has 0 bridgehead atoms. The van der Waals surface area contributed by atoms with Gasteiger partial charge in [-0.15, -0.1) is 0 Å². The lowest BCUT2D eigenvalue weighted by molar-refractivity contribution is 0.194. The molecule has 1 heterocycles. The fourth-order valence-corrected chi connectivity index (χ4v) is 3.24. The quantitative estimate of drug-likeness (QED) is 0.852. The number of halogens is 2. The molecule has 2 aromatic rings. The van der Waals surface area contributed by atoms with Crippen LogP contribution >= 0.6 is 23.2 Å². The van der Waals surface area contributed by atoms with Gasteiger partial charge in [-0.3, -0.25) is 0 Å². The van der Waals surface area contributed by atoms with Crippen LogP contribution in [-0.2, 0) is 6.54 Å². The van der Waals surface area contributed by atoms with Crippen LogP contribution in [0.15, 0.2) is 42.5 Å². The molecule has 0 radical (unpaired) electrons. The molecule has 0 aromatic heterocycles. The van der Waals surface area contributed by atoms with Crippen LogP contribution < -0.4 is 15.0 Å². The van der Waals surface area contributed by atoms with Gasteiger partial charge in [0, 0.05) is 42.8 Å². The van der Waals surface area contributed by atoms with Crippen LogP contribution in [0.2, 0.25) is 10.0 Å². The number of nitrogens with zero attached hydrogens (tertiary/aromatic N) is 2. The average Bonchev–Trinajstić information content (AvgIpc) is 2.67. The van der Waals surface area contributed by atoms with Crippen molar-refractivity contribution >= 4 is 34.9 Å². The zero-order valence-corrected chi connectivity index (χ0v) is 16.1. The molecule has 0 unspecified atom stereocenters. The number of nitrogens with one attached hydrogen (secondary N) is 1. The number of amides is 2. The summed E-state index contributed by atoms with van der Waals surface area (Å²) in [5.41, 5.74) is 1.98. The first kappa shape index (κ1) is 18.7. The van der Waals surface area contributed by atoms with E-state index in [0.29, 0.717) is 29.7 Å². The number of urea groups is 1. The van der Waals surface area contributed by atoms with Gasteiger partial charge in [-0.1, -0.05) is 35.3 Å². The van der Waals surface area contributed by atoms with E-state index in [4.69, 9.17) is 27.9 Å². The van der Waals surface area contributed by atoms with E-state index < -0.39 is 0 Å². The predicted molar refractivity (Wildman–Crippen MR) is 105 cm³/mol. The van der Waals surface area contributed by atoms with Gasteiger partial charge in [-0.2, -0.15) is 0 Å². The Balaban J connectivity index is 1.54. The summed E-state index contributed by atoms with van der Waals surface area (Å²) in [6, 6.07) is 13.0. The minimum Gasteiger partial charge on any atom is -0.495 e. The number of hydrogen-bond acceptors (Lipinski definition) is 3. The molecule has 1 aliphatic heterocycles. The fraction of sp³-hybridized carbons (Fsp3) is 0.316. The molecular formula is C19H21Cl2N3O2. The molecule has 1 saturated heterocycles. The lowest BCUT2D eigenvalue weighted by atomic mass is 10.2. The molecule has 1 fully saturated rings. The van der Waals surface area contributed by atoms with Crippen LogP contribution in [0.4, 0.5) is 10.5 Å². The molecule has 0 aliphatic carbocycles. The standard InChI is InChI=1S/C19H21Cl2N3O2/c1-26-18-7-6-16(21)12-17(18)23-8-10-24(11-9-23)19(25)22-13-14-2-4-15(20)5-3-14/h2-7,12H,8-11,13H2,1H3,(H,22,25). The van der Waals surface area contributed by atoms with Crippen molar-refractivity contribution in [3.05, 3.63) is 58.1 Å². The molecular weight excluding hydrogens is 373 g/mol. The van der Waals surface area contributed by atoms with Gasteiger partial charge in [-0.25, -0.2) is 4.79 Å². The van der Waals surface area contributed by atoms with E-state index >= 15 is 0 Å². The third kappa shape index (κ3) is 4.54. The average molecular weight is 394 g/mol. The summed E-state index contributed by atoms with van der Waals surface area (Å²) in [5.74, 6) is 0.787. The van der Waals surface area contributed by atoms with Gasteiger partial charge >= 0.3 is 6.03 Å². The van der Waals surface area contributed by atoms with Gasteiger partial charge in [0.15, 0.2) is 0 Å². The molecule has 2 amide bonds. The number of rotatable bonds is 4. The van der Waals surface area contributed by atoms with Crippen LogP contribution in [0.3, 0.4) is 0 Å². The number of carbonyl (C=O) groups is 1. The summed E-state index contributed by atoms with van der Waals surface area (Å²) in [7, 11) is 1.65. The Morgan fingerprint density at radius 1 is 1.04 bits per heavy atom. The van der Waals surface area contributed by atoms with Crippen LogP contribution in [0.5, 0.6) is 5.75 Å². The van der Waals surface area contributed by atoms with E-state index in [2.05, 4.69) is 10.2 Å². The maximum absolute atomic E-state index is 12.4. The van der Waals surface area contributed by atoms with Gasteiger partial charge in [-0.05, 0) is 35.9 Å². The lowest BCUT2D eigenvalue weighted by Crippen LogP contribution is -2.51. The molecule has 26 heavy (non-hydrogen) atoms. The fourth-order valence-electron chi connectivity index (χ4n) is 2.95. The second-order valence-electron chi connectivity index (χ2n) is 6.08. The molecule has 0 atom stereocenters. The van der Waals surface area contributed by atoms with E-state index in [1.54, 1.807) is 7.11 Å². The summed E-state index contributed by atoms with van der Waals surface area (Å²) in [5, 5.41) is 4.31. The maximum atomic E-state index is 12.4. The Kier molecular flexibility index (Phi) is 6.12. The predicted octanol–water partition coefficient (Wildman–Crippen LogP) is 4.03. The van der Waals surface area contributed by atoms with E-state index in [-0.39, 0.29) is 6.03 Å². The van der Waals surface area contributed by atoms with Crippen molar-refractivity contribution in [2.24, 2.45) is 0 Å². The summed E-state index contributed by atoms with van der Waals surface area (Å²) < 4.78 is 5.42. The SMILES string of the molecule is COc1ccc(Cl)cc1N1CCN(C(=O)NCc2ccc(Cl)cc2)CC1. The molecule has 5 nitrogen and oxygen atoms in total. The minimum absolute atomic E-state index is 0.0577. The third-order valence-corrected chi connectivity index (χ3v) is 4.89. The normalized spacial score (nSPS) is 14.3. The van der Waals surface area contributed by atoms with Crippen molar-refractivity contribution in [3.8, 4) is 5.75 Å². The number of benzene rings is 2. The summed E-state index contributed by atoms with van der Waals surface area (Å²) >= 11 is 12.0. The second kappa shape index (κ2) is 8.52. The van der Waals surface area contributed by atoms with E-state index in [1.807, 2.05) is 47.4 Å². The van der Waals surface area contributed by atoms with E-state index in [0.717, 1.165) is 30.1 Å². The molecule has 7 heteroatoms. The van der Waals surface area contributed by atoms with Crippen LogP contribution in [0, 0.1) is 0 Å². The lowest BCUT2D eigenvalue weighted by Gasteiger charge is -2.36. The van der Waals surface area contributed by atoms with Gasteiger partial charge in [0.2, 0.25) is 0 Å². The Morgan fingerprint density at radius 3 is 2.35 bits per heavy atom. The van der Waals surface area contributed by atoms with Crippen LogP contribution in [0.25, 0.3) is 0 Å². The number of methoxy groups -OCH3 is 1. The Bertz CT molecular complexity index is 760. The highest BCUT2D eigenvalue weighted by molar-refractivity contribution is 6.31. The highest BCUT2D eigenvalue weighted by Gasteiger charge is 2.23. The van der Waals surface area contributed by atoms with Crippen molar-refractivity contribution in [2.75, 3.05) is 38.2 Å². The maximum Gasteiger partial charge on any atom is 0.317 e. The van der Waals surface area contributed by atoms with Crippen molar-refractivity contribution < 1.29 is 9.53 Å². The molecule has 1 aliphatic rings. The van der Waals surface area contributed by atoms with Gasteiger partial charge < -0.3 is 19.9 Å². The summed E-state index contributed by atoms with van der Waals surface area (Å²) in [6.45, 7) is 3.22. The Morgan fingerprint density at radius 2 is 1.69 bits per heavy atom. The second-order valence-corrected chi connectivity index (χ2v) is 6.95. The van der Waals surface area contributed by atoms with E-state index in [9.17, 15) is 4.79 Å². The topological polar surface area (TPSA) is 44.8 Å². The Labute approximate surface area is 163 Å². The molecule has 3 rings (SSSR count). The summed E-state index contributed by atoms with van der Waals surface area (Å²) in [6.07, 6.45) is 0. The highest BCUT2D eigenvalue weighted by atomic mass is 35.5. The number of hydrogen-bond donors (Lipinski definition) is 1. The molecule has 138 valence electrons. The Hall–Kier alpha value is -2.11. The van der Waals surface area contributed by atoms with E-state index in [1.165, 1.54) is 0 Å². The number of ether oxygens (including phenoxy) is 1. The van der Waals surface area contributed by atoms with Crippen molar-refractivity contribution in [1.82, 2.24) is 10.2 Å². The molecule has 2 aromatic carbocycles. The first-order valence-corrected chi connectivity index (χ1v) is 9.18. The highest BCUT2D eigenvalue weighted by Crippen LogP contribution is 2.31. The van der Waals surface area contributed by atoms with Crippen LogP contribution in [-0.4, -0.2) is 44.2 Å². The first-order chi connectivity index (χ1) is 12.6. The number of carbonyl (C=O) groups excluding carboxylic acids is 1. The molecule has 0 spiro atoms. The van der Waals surface area contributed by atoms with Crippen LogP contribution in [0.1, 0.15) is 5.56 Å². The molecule has 0 saturated carbocycles. The minimum atomic E-state index is -0.0577. The largest absolute Gasteiger partial charge is 0.495 e. The van der Waals surface area contributed by atoms with Gasteiger partial charge in [0.25, 0.3) is 0 Å². The number of anilines is 1. The number of piperazine rings is 1. The third-order valence-electron chi connectivity index (χ3n) is 4.41. The summed E-state index contributed by atoms with van der Waals surface area (Å²) in [4.78, 5) is 16.4. The zero-order chi connectivity index (χ0) is 18.5. The monoisotopic (exact) mass is 393 g/mol. The van der Waals surface area contributed by atoms with Crippen molar-refractivity contribution in [1.29, 1.82) is 0 Å². The van der Waals surface area contributed by atoms with Gasteiger partial charge in [0.1, 0.15) is 5.75 Å². The smallest absolute Gasteiger partial charge is 0.317 e. The first-order valence-electron chi connectivity index (χ1n) is 8.42. The van der Waals surface area contributed by atoms with Gasteiger partial charge in [0.05, 0.1) is 12.8 Å².